The number of piperazine rings is 1. The Hall–Kier alpha value is -1.63. The van der Waals surface area contributed by atoms with Crippen molar-refractivity contribution >= 4 is 17.8 Å². The minimum absolute atomic E-state index is 0.0227. The lowest BCUT2D eigenvalue weighted by atomic mass is 9.77. The van der Waals surface area contributed by atoms with Gasteiger partial charge in [-0.25, -0.2) is 0 Å². The van der Waals surface area contributed by atoms with Crippen LogP contribution in [0.25, 0.3) is 0 Å². The molecule has 2 rings (SSSR count). The Morgan fingerprint density at radius 1 is 1.10 bits per heavy atom. The molecular weight excluding hydrogens is 262 g/mol. The summed E-state index contributed by atoms with van der Waals surface area (Å²) in [6, 6.07) is 0. The lowest BCUT2D eigenvalue weighted by Crippen LogP contribution is -2.60. The van der Waals surface area contributed by atoms with Crippen molar-refractivity contribution in [3.8, 4) is 0 Å². The molecule has 0 unspecified atom stereocenters. The molecule has 1 heterocycles. The number of carboxylic acid groups (broad SMARTS) is 1. The molecule has 0 atom stereocenters. The van der Waals surface area contributed by atoms with Crippen LogP contribution < -0.4 is 5.32 Å². The van der Waals surface area contributed by atoms with Crippen LogP contribution in [0.4, 0.5) is 0 Å². The van der Waals surface area contributed by atoms with Gasteiger partial charge in [-0.05, 0) is 19.3 Å². The third-order valence-electron chi connectivity index (χ3n) is 4.27. The molecule has 7 nitrogen and oxygen atoms in total. The summed E-state index contributed by atoms with van der Waals surface area (Å²) >= 11 is 0. The van der Waals surface area contributed by atoms with Crippen LogP contribution >= 0.6 is 0 Å². The molecule has 20 heavy (non-hydrogen) atoms. The number of nitrogens with one attached hydrogen (secondary N) is 1. The van der Waals surface area contributed by atoms with Gasteiger partial charge < -0.3 is 14.9 Å². The van der Waals surface area contributed by atoms with Crippen molar-refractivity contribution < 1.29 is 19.5 Å². The fourth-order valence-corrected chi connectivity index (χ4v) is 2.62. The predicted octanol–water partition coefficient (Wildman–Crippen LogP) is -0.726. The summed E-state index contributed by atoms with van der Waals surface area (Å²) < 4.78 is 0. The zero-order chi connectivity index (χ0) is 14.8. The number of hydrogen-bond acceptors (Lipinski definition) is 4. The van der Waals surface area contributed by atoms with Crippen LogP contribution in [0, 0.1) is 0 Å². The Balaban J connectivity index is 1.79. The molecule has 2 fully saturated rings. The van der Waals surface area contributed by atoms with E-state index < -0.39 is 11.5 Å². The van der Waals surface area contributed by atoms with Crippen LogP contribution in [0.1, 0.15) is 26.2 Å². The largest absolute Gasteiger partial charge is 0.480 e. The van der Waals surface area contributed by atoms with Crippen LogP contribution in [0.5, 0.6) is 0 Å². The number of amides is 2. The van der Waals surface area contributed by atoms with Crippen LogP contribution in [0.2, 0.25) is 0 Å². The predicted molar refractivity (Wildman–Crippen MR) is 71.1 cm³/mol. The second-order valence-corrected chi connectivity index (χ2v) is 5.48. The Labute approximate surface area is 117 Å². The zero-order valence-corrected chi connectivity index (χ0v) is 11.7. The highest BCUT2D eigenvalue weighted by Gasteiger charge is 2.44. The van der Waals surface area contributed by atoms with E-state index in [0.717, 1.165) is 6.42 Å². The van der Waals surface area contributed by atoms with Crippen LogP contribution in [0.15, 0.2) is 0 Å². The number of carboxylic acids is 1. The fourth-order valence-electron chi connectivity index (χ4n) is 2.62. The first-order valence-corrected chi connectivity index (χ1v) is 6.96. The van der Waals surface area contributed by atoms with E-state index in [0.29, 0.717) is 39.0 Å². The van der Waals surface area contributed by atoms with Crippen LogP contribution in [-0.2, 0) is 14.4 Å². The van der Waals surface area contributed by atoms with Gasteiger partial charge in [0.15, 0.2) is 0 Å². The standard InChI is InChI=1S/C13H21N3O4/c1-10(17)15-5-7-16(8-6-15)11(18)9-14-13(12(19)20)3-2-4-13/h14H,2-9H2,1H3,(H,19,20). The summed E-state index contributed by atoms with van der Waals surface area (Å²) in [6.45, 7) is 3.69. The van der Waals surface area contributed by atoms with Crippen molar-refractivity contribution in [3.05, 3.63) is 0 Å². The highest BCUT2D eigenvalue weighted by Crippen LogP contribution is 2.31. The van der Waals surface area contributed by atoms with E-state index in [1.165, 1.54) is 6.92 Å². The third-order valence-corrected chi connectivity index (χ3v) is 4.27. The molecule has 0 aromatic heterocycles. The number of aliphatic carboxylic acids is 1. The van der Waals surface area contributed by atoms with Crippen molar-refractivity contribution in [2.24, 2.45) is 0 Å². The SMILES string of the molecule is CC(=O)N1CCN(C(=O)CNC2(C(=O)O)CCC2)CC1. The van der Waals surface area contributed by atoms with Gasteiger partial charge in [-0.2, -0.15) is 0 Å². The number of rotatable bonds is 4. The van der Waals surface area contributed by atoms with Gasteiger partial charge >= 0.3 is 5.97 Å². The Bertz CT molecular complexity index is 412. The molecule has 0 aromatic rings. The molecule has 112 valence electrons. The summed E-state index contributed by atoms with van der Waals surface area (Å²) in [4.78, 5) is 37.8. The van der Waals surface area contributed by atoms with Gasteiger partial charge in [0.05, 0.1) is 6.54 Å². The maximum Gasteiger partial charge on any atom is 0.323 e. The lowest BCUT2D eigenvalue weighted by Gasteiger charge is -2.39. The number of nitrogens with zero attached hydrogens (tertiary/aromatic N) is 2. The molecule has 1 aliphatic heterocycles. The molecule has 2 aliphatic rings. The first-order valence-electron chi connectivity index (χ1n) is 6.96. The van der Waals surface area contributed by atoms with E-state index in [4.69, 9.17) is 0 Å². The number of carbonyl (C=O) groups is 3. The summed E-state index contributed by atoms with van der Waals surface area (Å²) in [5, 5.41) is 12.1. The monoisotopic (exact) mass is 283 g/mol. The second kappa shape index (κ2) is 5.78. The maximum atomic E-state index is 12.1. The summed E-state index contributed by atoms with van der Waals surface area (Å²) in [7, 11) is 0. The lowest BCUT2D eigenvalue weighted by molar-refractivity contribution is -0.149. The van der Waals surface area contributed by atoms with Gasteiger partial charge in [-0.3, -0.25) is 19.7 Å². The second-order valence-electron chi connectivity index (χ2n) is 5.48. The minimum atomic E-state index is -0.906. The molecule has 0 bridgehead atoms. The minimum Gasteiger partial charge on any atom is -0.480 e. The van der Waals surface area contributed by atoms with E-state index in [9.17, 15) is 19.5 Å². The van der Waals surface area contributed by atoms with E-state index >= 15 is 0 Å². The van der Waals surface area contributed by atoms with Crippen molar-refractivity contribution in [1.82, 2.24) is 15.1 Å². The van der Waals surface area contributed by atoms with Crippen molar-refractivity contribution in [2.75, 3.05) is 32.7 Å². The van der Waals surface area contributed by atoms with E-state index in [1.54, 1.807) is 9.80 Å². The normalized spacial score (nSPS) is 21.2. The molecule has 0 radical (unpaired) electrons. The molecule has 1 saturated carbocycles. The molecule has 2 amide bonds. The average molecular weight is 283 g/mol. The molecular formula is C13H21N3O4. The molecule has 1 saturated heterocycles. The maximum absolute atomic E-state index is 12.1. The average Bonchev–Trinajstić information content (AvgIpc) is 2.36. The fraction of sp³-hybridized carbons (Fsp3) is 0.769. The summed E-state index contributed by atoms with van der Waals surface area (Å²) in [5.74, 6) is -0.951. The number of carbonyl (C=O) groups excluding carboxylic acids is 2. The van der Waals surface area contributed by atoms with Crippen molar-refractivity contribution in [2.45, 2.75) is 31.7 Å². The topological polar surface area (TPSA) is 90.0 Å². The Morgan fingerprint density at radius 2 is 1.65 bits per heavy atom. The summed E-state index contributed by atoms with van der Waals surface area (Å²) in [5.41, 5.74) is -0.906. The molecule has 0 aromatic carbocycles. The molecule has 2 N–H and O–H groups in total. The summed E-state index contributed by atoms with van der Waals surface area (Å²) in [6.07, 6.45) is 2.03. The van der Waals surface area contributed by atoms with E-state index in [-0.39, 0.29) is 18.4 Å². The highest BCUT2D eigenvalue weighted by atomic mass is 16.4. The van der Waals surface area contributed by atoms with Crippen LogP contribution in [-0.4, -0.2) is 71.0 Å². The van der Waals surface area contributed by atoms with Gasteiger partial charge in [0, 0.05) is 33.1 Å². The van der Waals surface area contributed by atoms with Gasteiger partial charge in [0.2, 0.25) is 11.8 Å². The van der Waals surface area contributed by atoms with Crippen molar-refractivity contribution in [1.29, 1.82) is 0 Å². The first-order chi connectivity index (χ1) is 9.44. The van der Waals surface area contributed by atoms with Crippen molar-refractivity contribution in [3.63, 3.8) is 0 Å². The first kappa shape index (κ1) is 14.8. The third kappa shape index (κ3) is 2.92. The van der Waals surface area contributed by atoms with Gasteiger partial charge in [-0.15, -0.1) is 0 Å². The smallest absolute Gasteiger partial charge is 0.323 e. The van der Waals surface area contributed by atoms with Gasteiger partial charge in [0.25, 0.3) is 0 Å². The van der Waals surface area contributed by atoms with Gasteiger partial charge in [0.1, 0.15) is 5.54 Å². The Kier molecular flexibility index (Phi) is 4.27. The Morgan fingerprint density at radius 3 is 2.05 bits per heavy atom. The molecule has 0 spiro atoms. The number of hydrogen-bond donors (Lipinski definition) is 2. The molecule has 1 aliphatic carbocycles. The highest BCUT2D eigenvalue weighted by molar-refractivity contribution is 5.83. The van der Waals surface area contributed by atoms with Crippen LogP contribution in [0.3, 0.4) is 0 Å². The molecule has 7 heteroatoms. The van der Waals surface area contributed by atoms with Gasteiger partial charge in [-0.1, -0.05) is 0 Å². The quantitative estimate of drug-likeness (QED) is 0.710. The zero-order valence-electron chi connectivity index (χ0n) is 11.7. The van der Waals surface area contributed by atoms with E-state index in [1.807, 2.05) is 0 Å². The van der Waals surface area contributed by atoms with E-state index in [2.05, 4.69) is 5.32 Å².